The SMILES string of the molecule is c1ccc(C2=c3ccc([nH]3)=C(c3ccccc3)c3ccc([nH]3)C(c3ccncc3)=c3ccc([nH]3)=C(c3ccccc3)c3ccc2[nH]3)cc1. The molecule has 228 valence electrons. The van der Waals surface area contributed by atoms with Crippen LogP contribution in [0.4, 0.5) is 0 Å². The van der Waals surface area contributed by atoms with Gasteiger partial charge < -0.3 is 19.9 Å². The fourth-order valence-electron chi connectivity index (χ4n) is 6.90. The molecule has 8 bridgehead atoms. The van der Waals surface area contributed by atoms with E-state index in [1.807, 2.05) is 12.4 Å². The summed E-state index contributed by atoms with van der Waals surface area (Å²) < 4.78 is 0. The highest BCUT2D eigenvalue weighted by Crippen LogP contribution is 2.27. The Bertz CT molecular complexity index is 2270. The van der Waals surface area contributed by atoms with Gasteiger partial charge in [0.1, 0.15) is 0 Å². The molecule has 0 radical (unpaired) electrons. The van der Waals surface area contributed by atoms with Crippen molar-refractivity contribution < 1.29 is 0 Å². The van der Waals surface area contributed by atoms with Crippen molar-refractivity contribution in [2.24, 2.45) is 0 Å². The van der Waals surface area contributed by atoms with Crippen LogP contribution >= 0.6 is 0 Å². The summed E-state index contributed by atoms with van der Waals surface area (Å²) >= 11 is 0. The minimum absolute atomic E-state index is 1.01. The number of aromatic nitrogens is 5. The summed E-state index contributed by atoms with van der Waals surface area (Å²) in [7, 11) is 0. The molecule has 0 saturated carbocycles. The average Bonchev–Trinajstić information content (AvgIpc) is 3.98. The Kier molecular flexibility index (Phi) is 6.72. The highest BCUT2D eigenvalue weighted by molar-refractivity contribution is 5.84. The number of benzene rings is 3. The van der Waals surface area contributed by atoms with Gasteiger partial charge in [-0.25, -0.2) is 0 Å². The van der Waals surface area contributed by atoms with Gasteiger partial charge in [-0.15, -0.1) is 0 Å². The Morgan fingerprint density at radius 2 is 0.562 bits per heavy atom. The van der Waals surface area contributed by atoms with E-state index in [0.29, 0.717) is 0 Å². The fraction of sp³-hybridized carbons (Fsp3) is 0. The zero-order chi connectivity index (χ0) is 31.9. The smallest absolute Gasteiger partial charge is 0.0485 e. The summed E-state index contributed by atoms with van der Waals surface area (Å²) in [6.45, 7) is 0. The molecule has 0 saturated heterocycles. The first-order valence-corrected chi connectivity index (χ1v) is 16.1. The summed E-state index contributed by atoms with van der Waals surface area (Å²) in [6.07, 6.45) is 3.69. The third kappa shape index (κ3) is 4.86. The number of rotatable bonds is 4. The van der Waals surface area contributed by atoms with Gasteiger partial charge in [-0.05, 0) is 82.9 Å². The molecule has 9 rings (SSSR count). The maximum atomic E-state index is 4.32. The van der Waals surface area contributed by atoms with Gasteiger partial charge in [0.2, 0.25) is 0 Å². The highest BCUT2D eigenvalue weighted by atomic mass is 14.8. The molecule has 1 aliphatic heterocycles. The van der Waals surface area contributed by atoms with Crippen LogP contribution < -0.4 is 21.4 Å². The van der Waals surface area contributed by atoms with Gasteiger partial charge in [-0.3, -0.25) is 4.98 Å². The van der Waals surface area contributed by atoms with E-state index >= 15 is 0 Å². The molecule has 3 aromatic carbocycles. The lowest BCUT2D eigenvalue weighted by atomic mass is 10.0. The second-order valence-electron chi connectivity index (χ2n) is 12.0. The van der Waals surface area contributed by atoms with Crippen molar-refractivity contribution in [3.63, 3.8) is 0 Å². The highest BCUT2D eigenvalue weighted by Gasteiger charge is 2.18. The lowest BCUT2D eigenvalue weighted by Gasteiger charge is -2.09. The van der Waals surface area contributed by atoms with E-state index in [4.69, 9.17) is 0 Å². The Morgan fingerprint density at radius 1 is 0.271 bits per heavy atom. The molecule has 6 heterocycles. The van der Waals surface area contributed by atoms with E-state index in [1.54, 1.807) is 0 Å². The van der Waals surface area contributed by atoms with Crippen LogP contribution in [0.15, 0.2) is 164 Å². The van der Waals surface area contributed by atoms with Crippen molar-refractivity contribution in [2.45, 2.75) is 0 Å². The van der Waals surface area contributed by atoms with Crippen LogP contribution in [0.5, 0.6) is 0 Å². The maximum absolute atomic E-state index is 4.32. The predicted molar refractivity (Wildman–Crippen MR) is 192 cm³/mol. The average molecular weight is 618 g/mol. The minimum atomic E-state index is 1.01. The fourth-order valence-corrected chi connectivity index (χ4v) is 6.90. The zero-order valence-corrected chi connectivity index (χ0v) is 26.0. The molecule has 48 heavy (non-hydrogen) atoms. The van der Waals surface area contributed by atoms with Crippen LogP contribution in [-0.4, -0.2) is 24.9 Å². The molecule has 1 aliphatic rings. The van der Waals surface area contributed by atoms with Gasteiger partial charge in [-0.1, -0.05) is 91.0 Å². The molecule has 0 atom stereocenters. The second kappa shape index (κ2) is 11.6. The molecular weight excluding hydrogens is 587 g/mol. The standard InChI is InChI=1S/C43H31N5/c1-4-10-28(11-5-1)40-32-16-18-34(45-32)41(29-12-6-2-7-13-29)36-20-22-38(47-36)43(31-24-26-44-27-25-31)39-23-21-37(48-39)42(30-14-8-3-9-15-30)35-19-17-33(40)46-35/h1-27,45-48H. The lowest BCUT2D eigenvalue weighted by Crippen LogP contribution is -2.19. The van der Waals surface area contributed by atoms with E-state index < -0.39 is 0 Å². The topological polar surface area (TPSA) is 76.0 Å². The van der Waals surface area contributed by atoms with Gasteiger partial charge in [0.25, 0.3) is 0 Å². The number of nitrogens with one attached hydrogen (secondary N) is 4. The molecule has 0 spiro atoms. The molecule has 5 nitrogen and oxygen atoms in total. The molecular formula is C43H31N5. The molecule has 0 amide bonds. The first kappa shape index (κ1) is 27.7. The van der Waals surface area contributed by atoms with Crippen molar-refractivity contribution in [1.82, 2.24) is 24.9 Å². The van der Waals surface area contributed by atoms with Crippen molar-refractivity contribution in [2.75, 3.05) is 0 Å². The largest absolute Gasteiger partial charge is 0.354 e. The number of nitrogens with zero attached hydrogens (tertiary/aromatic N) is 1. The van der Waals surface area contributed by atoms with E-state index in [9.17, 15) is 0 Å². The number of aromatic amines is 4. The maximum Gasteiger partial charge on any atom is 0.0485 e. The monoisotopic (exact) mass is 617 g/mol. The van der Waals surface area contributed by atoms with Crippen molar-refractivity contribution in [1.29, 1.82) is 0 Å². The van der Waals surface area contributed by atoms with Gasteiger partial charge in [0, 0.05) is 78.9 Å². The number of fused-ring (bicyclic) bond motifs is 8. The van der Waals surface area contributed by atoms with Crippen LogP contribution in [0.1, 0.15) is 45.0 Å². The number of pyridine rings is 1. The summed E-state index contributed by atoms with van der Waals surface area (Å²) in [4.78, 5) is 19.6. The molecule has 8 aromatic rings. The van der Waals surface area contributed by atoms with Crippen LogP contribution in [0.2, 0.25) is 0 Å². The van der Waals surface area contributed by atoms with Gasteiger partial charge in [0.05, 0.1) is 0 Å². The normalized spacial score (nSPS) is 12.8. The van der Waals surface area contributed by atoms with E-state index in [0.717, 1.165) is 88.7 Å². The summed E-state index contributed by atoms with van der Waals surface area (Å²) in [5.41, 5.74) is 12.9. The Balaban J connectivity index is 1.44. The molecule has 0 fully saturated rings. The van der Waals surface area contributed by atoms with Gasteiger partial charge in [-0.2, -0.15) is 0 Å². The number of H-pyrrole nitrogens is 4. The third-order valence-corrected chi connectivity index (χ3v) is 9.06. The van der Waals surface area contributed by atoms with Crippen molar-refractivity contribution >= 4 is 22.3 Å². The Labute approximate surface area is 277 Å². The molecule has 5 heteroatoms. The lowest BCUT2D eigenvalue weighted by molar-refractivity contribution is 1.18. The third-order valence-electron chi connectivity index (χ3n) is 9.06. The van der Waals surface area contributed by atoms with Crippen LogP contribution in [0.25, 0.3) is 22.3 Å². The van der Waals surface area contributed by atoms with Gasteiger partial charge >= 0.3 is 0 Å². The first-order valence-electron chi connectivity index (χ1n) is 16.1. The molecule has 0 unspecified atom stereocenters. The second-order valence-corrected chi connectivity index (χ2v) is 12.0. The van der Waals surface area contributed by atoms with Crippen LogP contribution in [0, 0.1) is 0 Å². The Morgan fingerprint density at radius 3 is 0.875 bits per heavy atom. The zero-order valence-electron chi connectivity index (χ0n) is 26.0. The van der Waals surface area contributed by atoms with Crippen LogP contribution in [-0.2, 0) is 0 Å². The minimum Gasteiger partial charge on any atom is -0.354 e. The first-order chi connectivity index (χ1) is 23.8. The van der Waals surface area contributed by atoms with E-state index in [1.165, 1.54) is 0 Å². The van der Waals surface area contributed by atoms with Crippen molar-refractivity contribution in [3.05, 3.63) is 230 Å². The van der Waals surface area contributed by atoms with Crippen molar-refractivity contribution in [3.8, 4) is 0 Å². The molecule has 0 aliphatic carbocycles. The summed E-state index contributed by atoms with van der Waals surface area (Å²) in [5, 5.41) is 4.09. The predicted octanol–water partition coefficient (Wildman–Crippen LogP) is 5.70. The van der Waals surface area contributed by atoms with E-state index in [2.05, 4.69) is 177 Å². The Hall–Kier alpha value is -6.59. The van der Waals surface area contributed by atoms with E-state index in [-0.39, 0.29) is 0 Å². The summed E-state index contributed by atoms with van der Waals surface area (Å²) in [5.74, 6) is 0. The van der Waals surface area contributed by atoms with Gasteiger partial charge in [0.15, 0.2) is 0 Å². The molecule has 5 aromatic heterocycles. The quantitative estimate of drug-likeness (QED) is 0.201. The number of hydrogen-bond donors (Lipinski definition) is 4. The summed E-state index contributed by atoms with van der Waals surface area (Å²) in [6, 6.07) is 53.3. The number of hydrogen-bond acceptors (Lipinski definition) is 1. The molecule has 4 N–H and O–H groups in total. The van der Waals surface area contributed by atoms with Crippen LogP contribution in [0.3, 0.4) is 0 Å².